The van der Waals surface area contributed by atoms with Crippen molar-refractivity contribution in [1.82, 2.24) is 14.5 Å². The fraction of sp³-hybridized carbons (Fsp3) is 0.200. The van der Waals surface area contributed by atoms with Crippen LogP contribution in [0, 0.1) is 0 Å². The molecule has 2 N–H and O–H groups in total. The number of aromatic carboxylic acids is 1. The minimum Gasteiger partial charge on any atom is -0.493 e. The van der Waals surface area contributed by atoms with Crippen molar-refractivity contribution in [2.24, 2.45) is 0 Å². The highest BCUT2D eigenvalue weighted by atomic mass is 35.5. The highest BCUT2D eigenvalue weighted by molar-refractivity contribution is 6.34. The van der Waals surface area contributed by atoms with E-state index in [-0.39, 0.29) is 17.3 Å². The molecular weight excluding hydrogens is 507 g/mol. The molecule has 1 aromatic carbocycles. The molecule has 1 fully saturated rings. The molecule has 0 bridgehead atoms. The Morgan fingerprint density at radius 2 is 1.97 bits per heavy atom. The van der Waals surface area contributed by atoms with E-state index in [9.17, 15) is 19.8 Å². The van der Waals surface area contributed by atoms with Crippen LogP contribution in [0.5, 0.6) is 11.8 Å². The molecule has 3 aromatic heterocycles. The summed E-state index contributed by atoms with van der Waals surface area (Å²) >= 11 is 12.8. The van der Waals surface area contributed by atoms with Crippen molar-refractivity contribution in [1.29, 1.82) is 0 Å². The summed E-state index contributed by atoms with van der Waals surface area (Å²) in [5.41, 5.74) is 0.495. The van der Waals surface area contributed by atoms with Gasteiger partial charge in [-0.1, -0.05) is 23.2 Å². The van der Waals surface area contributed by atoms with Crippen molar-refractivity contribution < 1.29 is 19.7 Å². The van der Waals surface area contributed by atoms with Crippen LogP contribution in [0.3, 0.4) is 0 Å². The van der Waals surface area contributed by atoms with Gasteiger partial charge >= 0.3 is 5.97 Å². The zero-order chi connectivity index (χ0) is 25.4. The smallest absolute Gasteiger partial charge is 0.341 e. The van der Waals surface area contributed by atoms with E-state index in [1.807, 2.05) is 0 Å². The zero-order valence-electron chi connectivity index (χ0n) is 18.8. The van der Waals surface area contributed by atoms with Crippen molar-refractivity contribution in [3.05, 3.63) is 80.8 Å². The van der Waals surface area contributed by atoms with Crippen molar-refractivity contribution in [2.75, 3.05) is 18.1 Å². The van der Waals surface area contributed by atoms with Crippen molar-refractivity contribution in [3.8, 4) is 17.4 Å². The number of aromatic hydroxyl groups is 1. The number of halogens is 2. The average Bonchev–Trinajstić information content (AvgIpc) is 3.32. The number of carboxylic acids is 1. The lowest BCUT2D eigenvalue weighted by Gasteiger charge is -2.28. The van der Waals surface area contributed by atoms with E-state index in [0.717, 1.165) is 12.8 Å². The fourth-order valence-corrected chi connectivity index (χ4v) is 4.90. The molecule has 0 amide bonds. The van der Waals surface area contributed by atoms with E-state index in [2.05, 4.69) is 14.9 Å². The normalized spacial score (nSPS) is 15.4. The van der Waals surface area contributed by atoms with Gasteiger partial charge in [0.05, 0.1) is 28.0 Å². The predicted molar refractivity (Wildman–Crippen MR) is 136 cm³/mol. The number of carbonyl (C=O) groups is 1. The summed E-state index contributed by atoms with van der Waals surface area (Å²) in [6.45, 7) is 1.04. The van der Waals surface area contributed by atoms with Gasteiger partial charge in [0.15, 0.2) is 0 Å². The Labute approximate surface area is 215 Å². The van der Waals surface area contributed by atoms with E-state index in [1.165, 1.54) is 29.1 Å². The zero-order valence-corrected chi connectivity index (χ0v) is 20.3. The monoisotopic (exact) mass is 526 g/mol. The Morgan fingerprint density at radius 1 is 1.14 bits per heavy atom. The molecule has 36 heavy (non-hydrogen) atoms. The number of fused-ring (bicyclic) bond motifs is 1. The van der Waals surface area contributed by atoms with Crippen LogP contribution in [0.25, 0.3) is 16.6 Å². The lowest BCUT2D eigenvalue weighted by atomic mass is 10.1. The number of pyridine rings is 3. The van der Waals surface area contributed by atoms with E-state index < -0.39 is 17.0 Å². The van der Waals surface area contributed by atoms with Crippen LogP contribution in [0.15, 0.2) is 59.8 Å². The lowest BCUT2D eigenvalue weighted by Crippen LogP contribution is -2.34. The van der Waals surface area contributed by atoms with Gasteiger partial charge in [-0.2, -0.15) is 0 Å². The van der Waals surface area contributed by atoms with Gasteiger partial charge in [-0.05, 0) is 43.2 Å². The summed E-state index contributed by atoms with van der Waals surface area (Å²) in [5.74, 6) is -1.25. The highest BCUT2D eigenvalue weighted by Gasteiger charge is 2.28. The summed E-state index contributed by atoms with van der Waals surface area (Å²) in [4.78, 5) is 34.8. The van der Waals surface area contributed by atoms with Crippen LogP contribution in [0.1, 0.15) is 23.2 Å². The molecule has 1 saturated heterocycles. The lowest BCUT2D eigenvalue weighted by molar-refractivity contribution is 0.0695. The molecule has 0 saturated carbocycles. The Kier molecular flexibility index (Phi) is 6.42. The number of anilines is 1. The summed E-state index contributed by atoms with van der Waals surface area (Å²) in [5, 5.41) is 20.4. The molecule has 0 radical (unpaired) electrons. The molecule has 1 aliphatic heterocycles. The van der Waals surface area contributed by atoms with Crippen molar-refractivity contribution >= 4 is 45.8 Å². The Hall–Kier alpha value is -3.82. The number of benzene rings is 1. The van der Waals surface area contributed by atoms with Crippen LogP contribution in [0.4, 0.5) is 5.69 Å². The number of hydrogen-bond acceptors (Lipinski definition) is 7. The molecule has 0 aliphatic carbocycles. The van der Waals surface area contributed by atoms with Crippen LogP contribution >= 0.6 is 23.2 Å². The molecule has 184 valence electrons. The molecule has 9 nitrogen and oxygen atoms in total. The predicted octanol–water partition coefficient (Wildman–Crippen LogP) is 4.54. The third-order valence-electron chi connectivity index (χ3n) is 6.13. The Morgan fingerprint density at radius 3 is 2.72 bits per heavy atom. The van der Waals surface area contributed by atoms with Crippen molar-refractivity contribution in [2.45, 2.75) is 18.9 Å². The second-order valence-corrected chi connectivity index (χ2v) is 9.15. The maximum absolute atomic E-state index is 13.0. The van der Waals surface area contributed by atoms with Gasteiger partial charge < -0.3 is 24.4 Å². The van der Waals surface area contributed by atoms with Gasteiger partial charge in [-0.3, -0.25) is 4.79 Å². The van der Waals surface area contributed by atoms with Gasteiger partial charge in [0.1, 0.15) is 17.2 Å². The molecule has 0 spiro atoms. The van der Waals surface area contributed by atoms with Gasteiger partial charge in [0.2, 0.25) is 17.2 Å². The molecule has 4 aromatic rings. The van der Waals surface area contributed by atoms with Crippen LogP contribution in [-0.2, 0) is 0 Å². The molecule has 11 heteroatoms. The third-order valence-corrected chi connectivity index (χ3v) is 6.72. The van der Waals surface area contributed by atoms with Gasteiger partial charge in [-0.25, -0.2) is 14.8 Å². The highest BCUT2D eigenvalue weighted by Crippen LogP contribution is 2.36. The fourth-order valence-electron chi connectivity index (χ4n) is 4.46. The SMILES string of the molecule is O=C(O)c1cn(-c2ccnc(O)c2)c2cc(N3CCC[C@@H]3COc3ncccc3Cl)c(Cl)cc2c1=O. The topological polar surface area (TPSA) is 118 Å². The Bertz CT molecular complexity index is 1540. The average molecular weight is 527 g/mol. The van der Waals surface area contributed by atoms with Crippen LogP contribution in [0.2, 0.25) is 10.0 Å². The molecule has 4 heterocycles. The van der Waals surface area contributed by atoms with Gasteiger partial charge in [-0.15, -0.1) is 0 Å². The molecular formula is C25H20Cl2N4O5. The standard InChI is InChI=1S/C25H20Cl2N4O5/c26-18-4-1-6-29-24(18)36-13-15-3-2-8-30(15)21-11-20-16(10-19(21)27)23(33)17(25(34)35)12-31(20)14-5-7-28-22(32)9-14/h1,4-7,9-12,15H,2-3,8,13H2,(H,28,32)(H,34,35)/t15-/m1/s1. The van der Waals surface area contributed by atoms with Gasteiger partial charge in [0, 0.05) is 36.6 Å². The molecule has 0 unspecified atom stereocenters. The summed E-state index contributed by atoms with van der Waals surface area (Å²) in [6, 6.07) is 9.64. The van der Waals surface area contributed by atoms with E-state index >= 15 is 0 Å². The first kappa shape index (κ1) is 23.9. The van der Waals surface area contributed by atoms with Crippen LogP contribution in [-0.4, -0.2) is 49.9 Å². The molecule has 5 rings (SSSR count). The number of carboxylic acid groups (broad SMARTS) is 1. The molecule has 1 atom stereocenters. The first-order valence-electron chi connectivity index (χ1n) is 11.1. The maximum Gasteiger partial charge on any atom is 0.341 e. The summed E-state index contributed by atoms with van der Waals surface area (Å²) in [6.07, 6.45) is 5.99. The quantitative estimate of drug-likeness (QED) is 0.376. The Balaban J connectivity index is 1.60. The maximum atomic E-state index is 13.0. The summed E-state index contributed by atoms with van der Waals surface area (Å²) < 4.78 is 7.42. The number of rotatable bonds is 6. The van der Waals surface area contributed by atoms with E-state index in [0.29, 0.717) is 46.0 Å². The second kappa shape index (κ2) is 9.67. The second-order valence-electron chi connectivity index (χ2n) is 8.33. The number of nitrogens with zero attached hydrogens (tertiary/aromatic N) is 4. The first-order chi connectivity index (χ1) is 17.3. The number of hydrogen-bond donors (Lipinski definition) is 2. The van der Waals surface area contributed by atoms with Gasteiger partial charge in [0.25, 0.3) is 0 Å². The minimum atomic E-state index is -1.36. The van der Waals surface area contributed by atoms with E-state index in [4.69, 9.17) is 27.9 Å². The minimum absolute atomic E-state index is 0.0264. The molecule has 1 aliphatic rings. The number of aromatic nitrogens is 3. The van der Waals surface area contributed by atoms with Crippen molar-refractivity contribution in [3.63, 3.8) is 0 Å². The number of ether oxygens (including phenoxy) is 1. The van der Waals surface area contributed by atoms with E-state index in [1.54, 1.807) is 30.5 Å². The largest absolute Gasteiger partial charge is 0.493 e. The van der Waals surface area contributed by atoms with Crippen LogP contribution < -0.4 is 15.1 Å². The summed E-state index contributed by atoms with van der Waals surface area (Å²) in [7, 11) is 0. The third kappa shape index (κ3) is 4.43. The first-order valence-corrected chi connectivity index (χ1v) is 11.9.